The second kappa shape index (κ2) is 9.43. The van der Waals surface area contributed by atoms with E-state index in [1.165, 1.54) is 23.2 Å². The lowest BCUT2D eigenvalue weighted by molar-refractivity contribution is -0.141. The van der Waals surface area contributed by atoms with Crippen LogP contribution in [0.4, 0.5) is 18.0 Å². The van der Waals surface area contributed by atoms with Crippen LogP contribution in [0.2, 0.25) is 0 Å². The number of aryl methyl sites for hydroxylation is 1. The zero-order chi connectivity index (χ0) is 26.5. The van der Waals surface area contributed by atoms with E-state index in [9.17, 15) is 31.2 Å². The topological polar surface area (TPSA) is 105 Å². The van der Waals surface area contributed by atoms with Crippen molar-refractivity contribution in [3.63, 3.8) is 0 Å². The summed E-state index contributed by atoms with van der Waals surface area (Å²) in [6.07, 6.45) is 0.795. The smallest absolute Gasteiger partial charge is 0.316 e. The lowest BCUT2D eigenvalue weighted by Gasteiger charge is -2.48. The van der Waals surface area contributed by atoms with Gasteiger partial charge in [0.15, 0.2) is 0 Å². The average molecular weight is 540 g/mol. The fourth-order valence-corrected chi connectivity index (χ4v) is 7.28. The number of carbonyl (C=O) groups excluding carboxylic acids is 2. The molecule has 3 atom stereocenters. The number of rotatable bonds is 8. The summed E-state index contributed by atoms with van der Waals surface area (Å²) in [6.45, 7) is 0.0695. The molecule has 2 aromatic rings. The van der Waals surface area contributed by atoms with Crippen molar-refractivity contribution >= 4 is 22.0 Å². The van der Waals surface area contributed by atoms with Crippen LogP contribution >= 0.6 is 0 Å². The summed E-state index contributed by atoms with van der Waals surface area (Å²) in [7, 11) is -2.42. The fraction of sp³-hybridized carbons (Fsp3) is 0.542. The molecule has 3 fully saturated rings. The number of nitrogens with zero attached hydrogens (tertiary/aromatic N) is 4. The standard InChI is InChI=1S/C24H28F3N5O4S/c1-30-12-16(11-28-30)14-32-21(33)19-10-18(37(35,36)29-24(8-9-24)22(26)27)6-7-20(19)31(23(32)34)13-15-2-4-17(25)5-3-15/h2-5,11-12,18-20,22,29H,6-10,13-14H2,1H3. The summed E-state index contributed by atoms with van der Waals surface area (Å²) < 4.78 is 70.2. The van der Waals surface area contributed by atoms with Gasteiger partial charge in [-0.3, -0.25) is 14.4 Å². The minimum absolute atomic E-state index is 0.0429. The zero-order valence-electron chi connectivity index (χ0n) is 20.2. The van der Waals surface area contributed by atoms with Crippen molar-refractivity contribution < 1.29 is 31.2 Å². The molecule has 2 saturated carbocycles. The van der Waals surface area contributed by atoms with Gasteiger partial charge in [-0.1, -0.05) is 12.1 Å². The van der Waals surface area contributed by atoms with E-state index >= 15 is 0 Å². The highest BCUT2D eigenvalue weighted by atomic mass is 32.2. The SMILES string of the molecule is Cn1cc(CN2C(=O)C3CC(S(=O)(=O)NC4(C(F)F)CC4)CCC3N(Cc3ccc(F)cc3)C2=O)cn1. The number of urea groups is 1. The van der Waals surface area contributed by atoms with Crippen LogP contribution in [0.3, 0.4) is 0 Å². The van der Waals surface area contributed by atoms with Crippen LogP contribution in [0, 0.1) is 11.7 Å². The number of amides is 3. The molecule has 9 nitrogen and oxygen atoms in total. The molecule has 1 aliphatic heterocycles. The summed E-state index contributed by atoms with van der Waals surface area (Å²) >= 11 is 0. The van der Waals surface area contributed by atoms with Gasteiger partial charge in [-0.15, -0.1) is 0 Å². The van der Waals surface area contributed by atoms with Gasteiger partial charge in [0.1, 0.15) is 5.82 Å². The summed E-state index contributed by atoms with van der Waals surface area (Å²) in [4.78, 5) is 29.7. The van der Waals surface area contributed by atoms with E-state index in [1.807, 2.05) is 0 Å². The number of alkyl halides is 2. The molecular formula is C24H28F3N5O4S. The molecule has 1 N–H and O–H groups in total. The van der Waals surface area contributed by atoms with Crippen molar-refractivity contribution in [3.05, 3.63) is 53.6 Å². The molecule has 1 aromatic heterocycles. The number of halogens is 3. The van der Waals surface area contributed by atoms with E-state index < -0.39 is 57.0 Å². The number of imide groups is 1. The molecular weight excluding hydrogens is 511 g/mol. The Morgan fingerprint density at radius 1 is 1.11 bits per heavy atom. The molecule has 37 heavy (non-hydrogen) atoms. The predicted molar refractivity (Wildman–Crippen MR) is 126 cm³/mol. The molecule has 3 unspecified atom stereocenters. The second-order valence-corrected chi connectivity index (χ2v) is 12.2. The maximum absolute atomic E-state index is 13.6. The van der Waals surface area contributed by atoms with Crippen LogP contribution in [-0.4, -0.2) is 63.2 Å². The van der Waals surface area contributed by atoms with Crippen LogP contribution < -0.4 is 4.72 Å². The van der Waals surface area contributed by atoms with Crippen LogP contribution in [0.25, 0.3) is 0 Å². The molecule has 200 valence electrons. The van der Waals surface area contributed by atoms with Crippen molar-refractivity contribution in [3.8, 4) is 0 Å². The Bertz CT molecular complexity index is 1300. The summed E-state index contributed by atoms with van der Waals surface area (Å²) in [5, 5.41) is 3.04. The molecule has 1 aromatic carbocycles. The van der Waals surface area contributed by atoms with E-state index in [1.54, 1.807) is 30.1 Å². The molecule has 3 aliphatic rings. The van der Waals surface area contributed by atoms with Gasteiger partial charge in [0, 0.05) is 31.4 Å². The largest absolute Gasteiger partial charge is 0.327 e. The van der Waals surface area contributed by atoms with E-state index in [2.05, 4.69) is 9.82 Å². The van der Waals surface area contributed by atoms with Gasteiger partial charge >= 0.3 is 6.03 Å². The fourth-order valence-electron chi connectivity index (χ4n) is 5.35. The van der Waals surface area contributed by atoms with Gasteiger partial charge in [-0.2, -0.15) is 5.10 Å². The highest BCUT2D eigenvalue weighted by Gasteiger charge is 2.56. The molecule has 13 heteroatoms. The highest BCUT2D eigenvalue weighted by molar-refractivity contribution is 7.90. The van der Waals surface area contributed by atoms with Gasteiger partial charge < -0.3 is 4.90 Å². The Hall–Kier alpha value is -2.93. The Kier molecular flexibility index (Phi) is 6.55. The molecule has 2 heterocycles. The van der Waals surface area contributed by atoms with Crippen molar-refractivity contribution in [1.29, 1.82) is 0 Å². The van der Waals surface area contributed by atoms with Gasteiger partial charge in [-0.25, -0.2) is 31.1 Å². The molecule has 3 amide bonds. The van der Waals surface area contributed by atoms with Crippen molar-refractivity contribution in [2.24, 2.45) is 13.0 Å². The quantitative estimate of drug-likeness (QED) is 0.556. The second-order valence-electron chi connectivity index (χ2n) is 10.2. The third-order valence-electron chi connectivity index (χ3n) is 7.58. The van der Waals surface area contributed by atoms with E-state index in [4.69, 9.17) is 0 Å². The zero-order valence-corrected chi connectivity index (χ0v) is 21.0. The maximum atomic E-state index is 13.6. The molecule has 5 rings (SSSR count). The van der Waals surface area contributed by atoms with Gasteiger partial charge in [-0.05, 0) is 49.8 Å². The lowest BCUT2D eigenvalue weighted by Crippen LogP contribution is -2.63. The first-order chi connectivity index (χ1) is 17.5. The van der Waals surface area contributed by atoms with Crippen molar-refractivity contribution in [1.82, 2.24) is 24.3 Å². The first-order valence-corrected chi connectivity index (χ1v) is 13.7. The van der Waals surface area contributed by atoms with Crippen LogP contribution in [-0.2, 0) is 35.0 Å². The number of fused-ring (bicyclic) bond motifs is 1. The number of benzene rings is 1. The summed E-state index contributed by atoms with van der Waals surface area (Å²) in [5.74, 6) is -1.74. The highest BCUT2D eigenvalue weighted by Crippen LogP contribution is 2.44. The van der Waals surface area contributed by atoms with Crippen LogP contribution in [0.1, 0.15) is 43.2 Å². The van der Waals surface area contributed by atoms with E-state index in [0.29, 0.717) is 11.1 Å². The van der Waals surface area contributed by atoms with Crippen LogP contribution in [0.5, 0.6) is 0 Å². The first kappa shape index (κ1) is 25.7. The number of nitrogens with one attached hydrogen (secondary N) is 1. The minimum atomic E-state index is -4.12. The number of carbonyl (C=O) groups is 2. The van der Waals surface area contributed by atoms with E-state index in [0.717, 1.165) is 4.90 Å². The van der Waals surface area contributed by atoms with Gasteiger partial charge in [0.25, 0.3) is 6.43 Å². The lowest BCUT2D eigenvalue weighted by atomic mass is 9.80. The number of sulfonamides is 1. The van der Waals surface area contributed by atoms with Crippen molar-refractivity contribution in [2.45, 2.75) is 68.4 Å². The molecule has 0 radical (unpaired) electrons. The average Bonchev–Trinajstić information content (AvgIpc) is 3.52. The molecule has 2 aliphatic carbocycles. The maximum Gasteiger partial charge on any atom is 0.327 e. The third kappa shape index (κ3) is 4.98. The normalized spacial score (nSPS) is 25.5. The summed E-state index contributed by atoms with van der Waals surface area (Å²) in [6, 6.07) is 4.59. The Morgan fingerprint density at radius 2 is 1.81 bits per heavy atom. The van der Waals surface area contributed by atoms with Gasteiger partial charge in [0.2, 0.25) is 15.9 Å². The molecule has 0 bridgehead atoms. The molecule has 1 saturated heterocycles. The summed E-state index contributed by atoms with van der Waals surface area (Å²) in [5.41, 5.74) is -0.435. The first-order valence-electron chi connectivity index (χ1n) is 12.1. The monoisotopic (exact) mass is 539 g/mol. The van der Waals surface area contributed by atoms with E-state index in [-0.39, 0.29) is 45.2 Å². The number of hydrogen-bond acceptors (Lipinski definition) is 5. The third-order valence-corrected chi connectivity index (χ3v) is 9.58. The van der Waals surface area contributed by atoms with Crippen molar-refractivity contribution in [2.75, 3.05) is 0 Å². The Morgan fingerprint density at radius 3 is 2.41 bits per heavy atom. The van der Waals surface area contributed by atoms with Crippen LogP contribution in [0.15, 0.2) is 36.7 Å². The number of aromatic nitrogens is 2. The Balaban J connectivity index is 1.42. The molecule has 0 spiro atoms. The number of hydrogen-bond donors (Lipinski definition) is 1. The Labute approximate surface area is 212 Å². The van der Waals surface area contributed by atoms with Gasteiger partial charge in [0.05, 0.1) is 29.4 Å². The predicted octanol–water partition coefficient (Wildman–Crippen LogP) is 2.78. The minimum Gasteiger partial charge on any atom is -0.316 e.